The SMILES string of the molecule is c1ccc(C2(c3cccc4c3oc3ccc(-n5c6ccccc6c6cc(-c7ccccc7-c7ccccn7)ccc65)cc34)c3ccccc3-c3ccccc32)cc1. The van der Waals surface area contributed by atoms with Gasteiger partial charge in [0.15, 0.2) is 0 Å². The first-order chi connectivity index (χ1) is 28.3. The highest BCUT2D eigenvalue weighted by atomic mass is 16.3. The average Bonchev–Trinajstić information content (AvgIpc) is 3.93. The summed E-state index contributed by atoms with van der Waals surface area (Å²) in [5.74, 6) is 0. The van der Waals surface area contributed by atoms with Crippen molar-refractivity contribution in [1.82, 2.24) is 9.55 Å². The zero-order chi connectivity index (χ0) is 37.5. The van der Waals surface area contributed by atoms with Gasteiger partial charge in [-0.3, -0.25) is 4.98 Å². The number of hydrogen-bond acceptors (Lipinski definition) is 2. The maximum atomic E-state index is 7.02. The smallest absolute Gasteiger partial charge is 0.140 e. The fraction of sp³-hybridized carbons (Fsp3) is 0.0185. The summed E-state index contributed by atoms with van der Waals surface area (Å²) in [7, 11) is 0. The second-order valence-electron chi connectivity index (χ2n) is 15.0. The van der Waals surface area contributed by atoms with E-state index in [0.717, 1.165) is 66.6 Å². The van der Waals surface area contributed by atoms with Gasteiger partial charge in [-0.2, -0.15) is 0 Å². The molecule has 57 heavy (non-hydrogen) atoms. The minimum atomic E-state index is -0.551. The molecule has 266 valence electrons. The number of benzene rings is 8. The first-order valence-corrected chi connectivity index (χ1v) is 19.5. The van der Waals surface area contributed by atoms with Gasteiger partial charge in [-0.05, 0) is 87.5 Å². The molecular formula is C54H34N2O. The average molecular weight is 727 g/mol. The van der Waals surface area contributed by atoms with Gasteiger partial charge in [0.1, 0.15) is 11.2 Å². The highest BCUT2D eigenvalue weighted by molar-refractivity contribution is 6.12. The first kappa shape index (κ1) is 31.8. The number of furan rings is 1. The zero-order valence-electron chi connectivity index (χ0n) is 30.9. The molecule has 3 aromatic heterocycles. The highest BCUT2D eigenvalue weighted by Crippen LogP contribution is 2.57. The summed E-state index contributed by atoms with van der Waals surface area (Å²) in [5.41, 5.74) is 16.5. The van der Waals surface area contributed by atoms with E-state index in [4.69, 9.17) is 4.42 Å². The third-order valence-electron chi connectivity index (χ3n) is 12.2. The Morgan fingerprint density at radius 1 is 0.421 bits per heavy atom. The van der Waals surface area contributed by atoms with Crippen LogP contribution in [-0.2, 0) is 5.41 Å². The second-order valence-corrected chi connectivity index (χ2v) is 15.0. The normalized spacial score (nSPS) is 13.1. The van der Waals surface area contributed by atoms with Crippen molar-refractivity contribution >= 4 is 43.7 Å². The second kappa shape index (κ2) is 12.3. The summed E-state index contributed by atoms with van der Waals surface area (Å²) in [6.45, 7) is 0. The van der Waals surface area contributed by atoms with Crippen LogP contribution in [0.3, 0.4) is 0 Å². The third-order valence-corrected chi connectivity index (χ3v) is 12.2. The van der Waals surface area contributed by atoms with Crippen molar-refractivity contribution in [3.63, 3.8) is 0 Å². The Labute approximate surface area is 329 Å². The molecule has 0 amide bonds. The van der Waals surface area contributed by atoms with Crippen molar-refractivity contribution in [1.29, 1.82) is 0 Å². The van der Waals surface area contributed by atoms with E-state index in [0.29, 0.717) is 0 Å². The third kappa shape index (κ3) is 4.51. The fourth-order valence-electron chi connectivity index (χ4n) is 9.80. The predicted molar refractivity (Wildman–Crippen MR) is 234 cm³/mol. The molecule has 0 saturated carbocycles. The van der Waals surface area contributed by atoms with E-state index in [9.17, 15) is 0 Å². The molecule has 0 N–H and O–H groups in total. The molecule has 0 unspecified atom stereocenters. The summed E-state index contributed by atoms with van der Waals surface area (Å²) >= 11 is 0. The number of pyridine rings is 1. The largest absolute Gasteiger partial charge is 0.456 e. The lowest BCUT2D eigenvalue weighted by molar-refractivity contribution is 0.648. The number of aromatic nitrogens is 2. The van der Waals surface area contributed by atoms with Crippen LogP contribution in [0.2, 0.25) is 0 Å². The van der Waals surface area contributed by atoms with Gasteiger partial charge in [0, 0.05) is 44.6 Å². The Kier molecular flexibility index (Phi) is 6.84. The van der Waals surface area contributed by atoms with Crippen molar-refractivity contribution in [3.8, 4) is 39.2 Å². The number of hydrogen-bond donors (Lipinski definition) is 0. The van der Waals surface area contributed by atoms with Crippen molar-refractivity contribution in [2.45, 2.75) is 5.41 Å². The van der Waals surface area contributed by atoms with Gasteiger partial charge in [0.05, 0.1) is 22.1 Å². The molecule has 0 fully saturated rings. The van der Waals surface area contributed by atoms with Crippen LogP contribution in [0.25, 0.3) is 82.9 Å². The van der Waals surface area contributed by atoms with E-state index in [1.54, 1.807) is 0 Å². The molecule has 3 nitrogen and oxygen atoms in total. The van der Waals surface area contributed by atoms with E-state index in [2.05, 4.69) is 198 Å². The highest BCUT2D eigenvalue weighted by Gasteiger charge is 2.47. The molecule has 0 radical (unpaired) electrons. The lowest BCUT2D eigenvalue weighted by Gasteiger charge is -2.33. The standard InChI is InChI=1S/C54H34N2O/c1-2-15-36(16-3-1)54(46-23-9-6-18-39(46)40-19-7-10-24-47(40)54)48-25-14-22-43-45-34-37(29-31-52(45)57-53(43)48)56-50-27-11-8-21-42(50)44-33-35(28-30-51(44)56)38-17-4-5-20-41(38)49-26-12-13-32-55-49/h1-34H. The van der Waals surface area contributed by atoms with E-state index in [1.165, 1.54) is 38.6 Å². The summed E-state index contributed by atoms with van der Waals surface area (Å²) in [4.78, 5) is 4.69. The number of rotatable bonds is 5. The number of fused-ring (bicyclic) bond motifs is 9. The van der Waals surface area contributed by atoms with Crippen molar-refractivity contribution in [3.05, 3.63) is 229 Å². The summed E-state index contributed by atoms with van der Waals surface area (Å²) in [6, 6.07) is 72.3. The van der Waals surface area contributed by atoms with Crippen LogP contribution in [-0.4, -0.2) is 9.55 Å². The topological polar surface area (TPSA) is 31.0 Å². The van der Waals surface area contributed by atoms with E-state index in [1.807, 2.05) is 18.3 Å². The maximum absolute atomic E-state index is 7.02. The molecule has 1 aliphatic rings. The monoisotopic (exact) mass is 726 g/mol. The van der Waals surface area contributed by atoms with Crippen LogP contribution in [0, 0.1) is 0 Å². The minimum absolute atomic E-state index is 0.551. The zero-order valence-corrected chi connectivity index (χ0v) is 30.9. The van der Waals surface area contributed by atoms with Crippen molar-refractivity contribution in [2.75, 3.05) is 0 Å². The van der Waals surface area contributed by atoms with Crippen LogP contribution in [0.4, 0.5) is 0 Å². The van der Waals surface area contributed by atoms with E-state index >= 15 is 0 Å². The Morgan fingerprint density at radius 2 is 1.07 bits per heavy atom. The van der Waals surface area contributed by atoms with Gasteiger partial charge in [-0.1, -0.05) is 152 Å². The lowest BCUT2D eigenvalue weighted by atomic mass is 9.67. The summed E-state index contributed by atoms with van der Waals surface area (Å²) in [6.07, 6.45) is 1.86. The molecule has 11 aromatic rings. The minimum Gasteiger partial charge on any atom is -0.456 e. The van der Waals surface area contributed by atoms with Crippen LogP contribution in [0.1, 0.15) is 22.3 Å². The molecule has 0 bridgehead atoms. The molecule has 0 atom stereocenters. The van der Waals surface area contributed by atoms with Crippen LogP contribution in [0.5, 0.6) is 0 Å². The Balaban J connectivity index is 1.07. The molecule has 0 aliphatic heterocycles. The van der Waals surface area contributed by atoms with Crippen LogP contribution < -0.4 is 0 Å². The summed E-state index contributed by atoms with van der Waals surface area (Å²) in [5, 5.41) is 4.63. The van der Waals surface area contributed by atoms with Gasteiger partial charge in [-0.25, -0.2) is 0 Å². The Hall–Kier alpha value is -7.49. The molecule has 0 saturated heterocycles. The summed E-state index contributed by atoms with van der Waals surface area (Å²) < 4.78 is 9.42. The fourth-order valence-corrected chi connectivity index (χ4v) is 9.80. The number of para-hydroxylation sites is 2. The number of nitrogens with zero attached hydrogens (tertiary/aromatic N) is 2. The quantitative estimate of drug-likeness (QED) is 0.177. The van der Waals surface area contributed by atoms with Crippen LogP contribution >= 0.6 is 0 Å². The molecule has 0 spiro atoms. The molecular weight excluding hydrogens is 693 g/mol. The van der Waals surface area contributed by atoms with Gasteiger partial charge in [-0.15, -0.1) is 0 Å². The van der Waals surface area contributed by atoms with Gasteiger partial charge >= 0.3 is 0 Å². The van der Waals surface area contributed by atoms with E-state index < -0.39 is 5.41 Å². The first-order valence-electron chi connectivity index (χ1n) is 19.5. The van der Waals surface area contributed by atoms with Crippen LogP contribution in [0.15, 0.2) is 211 Å². The Morgan fingerprint density at radius 3 is 1.86 bits per heavy atom. The maximum Gasteiger partial charge on any atom is 0.140 e. The molecule has 3 heteroatoms. The van der Waals surface area contributed by atoms with E-state index in [-0.39, 0.29) is 0 Å². The van der Waals surface area contributed by atoms with Gasteiger partial charge in [0.25, 0.3) is 0 Å². The Bertz CT molecular complexity index is 3310. The molecule has 3 heterocycles. The van der Waals surface area contributed by atoms with Gasteiger partial charge in [0.2, 0.25) is 0 Å². The predicted octanol–water partition coefficient (Wildman–Crippen LogP) is 13.8. The molecule has 1 aliphatic carbocycles. The molecule has 8 aromatic carbocycles. The lowest BCUT2D eigenvalue weighted by Crippen LogP contribution is -2.28. The van der Waals surface area contributed by atoms with Crippen molar-refractivity contribution < 1.29 is 4.42 Å². The van der Waals surface area contributed by atoms with Crippen molar-refractivity contribution in [2.24, 2.45) is 0 Å². The molecule has 12 rings (SSSR count). The van der Waals surface area contributed by atoms with Gasteiger partial charge < -0.3 is 8.98 Å².